The highest BCUT2D eigenvalue weighted by Crippen LogP contribution is 2.27. The fourth-order valence-electron chi connectivity index (χ4n) is 3.70. The molecule has 34 heavy (non-hydrogen) atoms. The average molecular weight is 476 g/mol. The number of nitrogens with one attached hydrogen (secondary N) is 2. The lowest BCUT2D eigenvalue weighted by molar-refractivity contribution is -0.143. The van der Waals surface area contributed by atoms with Gasteiger partial charge in [0, 0.05) is 12.6 Å². The van der Waals surface area contributed by atoms with Crippen molar-refractivity contribution in [2.75, 3.05) is 6.54 Å². The number of amides is 3. The van der Waals surface area contributed by atoms with Gasteiger partial charge in [-0.25, -0.2) is 4.79 Å². The summed E-state index contributed by atoms with van der Waals surface area (Å²) in [5.41, 5.74) is 1.03. The second kappa shape index (κ2) is 13.4. The summed E-state index contributed by atoms with van der Waals surface area (Å²) in [6.07, 6.45) is 1.65. The maximum absolute atomic E-state index is 14.0. The fraction of sp³-hybridized carbons (Fsp3) is 0.667. The SMILES string of the molecule is CCCCN(C(=O)C(NC(=O)OC(C)(C)C)C(C)CC)C(C(=O)NC(C)C)c1ccccc1C. The van der Waals surface area contributed by atoms with Crippen LogP contribution in [0, 0.1) is 12.8 Å². The van der Waals surface area contributed by atoms with E-state index in [0.29, 0.717) is 13.0 Å². The molecule has 0 bridgehead atoms. The van der Waals surface area contributed by atoms with Crippen LogP contribution in [0.4, 0.5) is 4.79 Å². The Morgan fingerprint density at radius 2 is 1.65 bits per heavy atom. The Morgan fingerprint density at radius 3 is 2.15 bits per heavy atom. The van der Waals surface area contributed by atoms with E-state index in [1.807, 2.05) is 65.8 Å². The smallest absolute Gasteiger partial charge is 0.408 e. The molecule has 2 N–H and O–H groups in total. The van der Waals surface area contributed by atoms with Crippen LogP contribution < -0.4 is 10.6 Å². The van der Waals surface area contributed by atoms with Crippen LogP contribution in [0.3, 0.4) is 0 Å². The molecule has 0 radical (unpaired) electrons. The molecule has 0 fully saturated rings. The first-order chi connectivity index (χ1) is 15.8. The predicted octanol–water partition coefficient (Wildman–Crippen LogP) is 5.13. The first-order valence-electron chi connectivity index (χ1n) is 12.5. The minimum atomic E-state index is -0.810. The van der Waals surface area contributed by atoms with Gasteiger partial charge in [0.05, 0.1) is 0 Å². The van der Waals surface area contributed by atoms with Crippen molar-refractivity contribution in [2.24, 2.45) is 5.92 Å². The van der Waals surface area contributed by atoms with Gasteiger partial charge in [-0.05, 0) is 65.0 Å². The van der Waals surface area contributed by atoms with Gasteiger partial charge in [-0.1, -0.05) is 57.9 Å². The molecular weight excluding hydrogens is 430 g/mol. The van der Waals surface area contributed by atoms with Gasteiger partial charge >= 0.3 is 6.09 Å². The number of benzene rings is 1. The Kier molecular flexibility index (Phi) is 11.6. The van der Waals surface area contributed by atoms with Crippen molar-refractivity contribution in [3.8, 4) is 0 Å². The number of hydrogen-bond donors (Lipinski definition) is 2. The Hall–Kier alpha value is -2.57. The van der Waals surface area contributed by atoms with E-state index in [1.54, 1.807) is 25.7 Å². The molecule has 3 atom stereocenters. The third-order valence-electron chi connectivity index (χ3n) is 5.66. The van der Waals surface area contributed by atoms with Gasteiger partial charge in [-0.15, -0.1) is 0 Å². The number of aryl methyl sites for hydroxylation is 1. The molecule has 0 aliphatic rings. The van der Waals surface area contributed by atoms with Crippen molar-refractivity contribution in [3.05, 3.63) is 35.4 Å². The first kappa shape index (κ1) is 29.5. The van der Waals surface area contributed by atoms with E-state index in [2.05, 4.69) is 10.6 Å². The third kappa shape index (κ3) is 8.99. The molecule has 3 amide bonds. The molecule has 0 saturated carbocycles. The summed E-state index contributed by atoms with van der Waals surface area (Å²) >= 11 is 0. The fourth-order valence-corrected chi connectivity index (χ4v) is 3.70. The number of carbonyl (C=O) groups is 3. The summed E-state index contributed by atoms with van der Waals surface area (Å²) < 4.78 is 5.44. The Morgan fingerprint density at radius 1 is 1.03 bits per heavy atom. The lowest BCUT2D eigenvalue weighted by Gasteiger charge is -2.36. The Bertz CT molecular complexity index is 816. The molecule has 1 rings (SSSR count). The molecule has 192 valence electrons. The van der Waals surface area contributed by atoms with Crippen LogP contribution >= 0.6 is 0 Å². The predicted molar refractivity (Wildman–Crippen MR) is 136 cm³/mol. The highest BCUT2D eigenvalue weighted by molar-refractivity contribution is 5.92. The monoisotopic (exact) mass is 475 g/mol. The standard InChI is InChI=1S/C27H45N3O4/c1-10-12-17-30(23(24(31)28-18(3)4)21-16-14-13-15-20(21)6)25(32)22(19(5)11-2)29-26(33)34-27(7,8)9/h13-16,18-19,22-23H,10-12,17H2,1-9H3,(H,28,31)(H,29,33). The highest BCUT2D eigenvalue weighted by Gasteiger charge is 2.38. The normalized spacial score (nSPS) is 14.2. The zero-order valence-corrected chi connectivity index (χ0v) is 22.5. The number of nitrogens with zero attached hydrogens (tertiary/aromatic N) is 1. The van der Waals surface area contributed by atoms with E-state index < -0.39 is 23.8 Å². The first-order valence-corrected chi connectivity index (χ1v) is 12.5. The topological polar surface area (TPSA) is 87.7 Å². The van der Waals surface area contributed by atoms with Gasteiger partial charge in [0.15, 0.2) is 0 Å². The molecule has 0 saturated heterocycles. The van der Waals surface area contributed by atoms with Crippen LogP contribution in [0.15, 0.2) is 24.3 Å². The van der Waals surface area contributed by atoms with E-state index >= 15 is 0 Å². The third-order valence-corrected chi connectivity index (χ3v) is 5.66. The molecule has 1 aromatic carbocycles. The zero-order valence-electron chi connectivity index (χ0n) is 22.5. The average Bonchev–Trinajstić information content (AvgIpc) is 2.73. The maximum atomic E-state index is 14.0. The number of unbranched alkanes of at least 4 members (excludes halogenated alkanes) is 1. The maximum Gasteiger partial charge on any atom is 0.408 e. The van der Waals surface area contributed by atoms with E-state index in [9.17, 15) is 14.4 Å². The second-order valence-electron chi connectivity index (χ2n) is 10.3. The molecule has 7 nitrogen and oxygen atoms in total. The van der Waals surface area contributed by atoms with Crippen molar-refractivity contribution >= 4 is 17.9 Å². The van der Waals surface area contributed by atoms with Crippen LogP contribution in [0.5, 0.6) is 0 Å². The highest BCUT2D eigenvalue weighted by atomic mass is 16.6. The van der Waals surface area contributed by atoms with Crippen molar-refractivity contribution < 1.29 is 19.1 Å². The van der Waals surface area contributed by atoms with E-state index in [0.717, 1.165) is 24.0 Å². The lowest BCUT2D eigenvalue weighted by atomic mass is 9.94. The minimum absolute atomic E-state index is 0.0765. The van der Waals surface area contributed by atoms with Crippen LogP contribution in [0.25, 0.3) is 0 Å². The Balaban J connectivity index is 3.50. The van der Waals surface area contributed by atoms with Crippen LogP contribution in [0.1, 0.15) is 91.8 Å². The summed E-state index contributed by atoms with van der Waals surface area (Å²) in [4.78, 5) is 41.8. The van der Waals surface area contributed by atoms with Crippen molar-refractivity contribution in [1.29, 1.82) is 0 Å². The minimum Gasteiger partial charge on any atom is -0.444 e. The molecular formula is C27H45N3O4. The number of alkyl carbamates (subject to hydrolysis) is 1. The number of hydrogen-bond acceptors (Lipinski definition) is 4. The summed E-state index contributed by atoms with van der Waals surface area (Å²) in [6.45, 7) is 17.4. The number of ether oxygens (including phenoxy) is 1. The van der Waals surface area contributed by atoms with Gasteiger partial charge in [-0.2, -0.15) is 0 Å². The van der Waals surface area contributed by atoms with Crippen LogP contribution in [0.2, 0.25) is 0 Å². The van der Waals surface area contributed by atoms with Gasteiger partial charge in [0.25, 0.3) is 0 Å². The van der Waals surface area contributed by atoms with Gasteiger partial charge in [0.1, 0.15) is 17.7 Å². The van der Waals surface area contributed by atoms with Crippen molar-refractivity contribution in [3.63, 3.8) is 0 Å². The van der Waals surface area contributed by atoms with Gasteiger partial charge < -0.3 is 20.3 Å². The molecule has 0 aliphatic heterocycles. The number of rotatable bonds is 11. The summed E-state index contributed by atoms with van der Waals surface area (Å²) in [5, 5.41) is 5.79. The lowest BCUT2D eigenvalue weighted by Crippen LogP contribution is -2.55. The number of carbonyl (C=O) groups excluding carboxylic acids is 3. The largest absolute Gasteiger partial charge is 0.444 e. The molecule has 1 aromatic rings. The molecule has 0 aliphatic carbocycles. The summed E-state index contributed by atoms with van der Waals surface area (Å²) in [5.74, 6) is -0.649. The van der Waals surface area contributed by atoms with Crippen LogP contribution in [-0.2, 0) is 14.3 Å². The Labute approximate surface area is 206 Å². The quantitative estimate of drug-likeness (QED) is 0.464. The van der Waals surface area contributed by atoms with Crippen molar-refractivity contribution in [1.82, 2.24) is 15.5 Å². The van der Waals surface area contributed by atoms with E-state index in [1.165, 1.54) is 0 Å². The molecule has 0 heterocycles. The van der Waals surface area contributed by atoms with Gasteiger partial charge in [-0.3, -0.25) is 9.59 Å². The zero-order chi connectivity index (χ0) is 26.1. The van der Waals surface area contributed by atoms with Crippen molar-refractivity contribution in [2.45, 2.75) is 105 Å². The molecule has 0 aromatic heterocycles. The molecule has 0 spiro atoms. The molecule has 3 unspecified atom stereocenters. The second-order valence-corrected chi connectivity index (χ2v) is 10.3. The summed E-state index contributed by atoms with van der Waals surface area (Å²) in [6, 6.07) is 5.95. The summed E-state index contributed by atoms with van der Waals surface area (Å²) in [7, 11) is 0. The van der Waals surface area contributed by atoms with Crippen LogP contribution in [-0.4, -0.2) is 47.0 Å². The van der Waals surface area contributed by atoms with E-state index in [-0.39, 0.29) is 23.8 Å². The molecule has 7 heteroatoms. The van der Waals surface area contributed by atoms with E-state index in [4.69, 9.17) is 4.74 Å². The van der Waals surface area contributed by atoms with Gasteiger partial charge in [0.2, 0.25) is 11.8 Å².